The smallest absolute Gasteiger partial charge is 0.346 e. The Morgan fingerprint density at radius 3 is 2.67 bits per heavy atom. The topological polar surface area (TPSA) is 54.0 Å². The highest BCUT2D eigenvalue weighted by Crippen LogP contribution is 2.30. The summed E-state index contributed by atoms with van der Waals surface area (Å²) in [6.07, 6.45) is -2.19. The highest BCUT2D eigenvalue weighted by molar-refractivity contribution is 5.92. The summed E-state index contributed by atoms with van der Waals surface area (Å²) in [4.78, 5) is 15.1. The van der Waals surface area contributed by atoms with Gasteiger partial charge < -0.3 is 10.6 Å². The lowest BCUT2D eigenvalue weighted by Gasteiger charge is -2.21. The van der Waals surface area contributed by atoms with Gasteiger partial charge in [-0.3, -0.25) is 4.79 Å². The minimum absolute atomic E-state index is 0.113. The summed E-state index contributed by atoms with van der Waals surface area (Å²) < 4.78 is 50.9. The van der Waals surface area contributed by atoms with Gasteiger partial charge in [0.2, 0.25) is 0 Å². The van der Waals surface area contributed by atoms with E-state index in [4.69, 9.17) is 0 Å². The summed E-state index contributed by atoms with van der Waals surface area (Å²) in [5.74, 6) is -2.19. The minimum atomic E-state index is -4.92. The molecule has 3 atom stereocenters. The zero-order chi connectivity index (χ0) is 15.2. The van der Waals surface area contributed by atoms with Crippen molar-refractivity contribution in [2.75, 3.05) is 0 Å². The molecule has 0 spiro atoms. The maximum Gasteiger partial charge on any atom is 0.436 e. The number of hydrogen-bond acceptors (Lipinski definition) is 3. The van der Waals surface area contributed by atoms with Gasteiger partial charge in [-0.15, -0.1) is 0 Å². The molecule has 2 aliphatic rings. The van der Waals surface area contributed by atoms with Crippen molar-refractivity contribution in [3.05, 3.63) is 29.3 Å². The van der Waals surface area contributed by atoms with Crippen LogP contribution in [0.2, 0.25) is 0 Å². The normalized spacial score (nSPS) is 27.9. The molecule has 4 nitrogen and oxygen atoms in total. The maximum atomic E-state index is 13.1. The predicted octanol–water partition coefficient (Wildman–Crippen LogP) is 1.86. The number of fused-ring (bicyclic) bond motifs is 2. The van der Waals surface area contributed by atoms with Gasteiger partial charge in [0.25, 0.3) is 5.91 Å². The number of carbonyl (C=O) groups excluding carboxylic acids is 1. The minimum Gasteiger partial charge on any atom is -0.346 e. The van der Waals surface area contributed by atoms with Gasteiger partial charge in [-0.05, 0) is 31.4 Å². The van der Waals surface area contributed by atoms with Crippen LogP contribution in [-0.4, -0.2) is 29.0 Å². The quantitative estimate of drug-likeness (QED) is 0.820. The van der Waals surface area contributed by atoms with Crippen LogP contribution in [0.1, 0.15) is 35.4 Å². The van der Waals surface area contributed by atoms with Crippen LogP contribution in [0, 0.1) is 5.82 Å². The second-order valence-corrected chi connectivity index (χ2v) is 5.39. The van der Waals surface area contributed by atoms with Crippen molar-refractivity contribution in [2.24, 2.45) is 0 Å². The van der Waals surface area contributed by atoms with E-state index in [9.17, 15) is 22.4 Å². The van der Waals surface area contributed by atoms with Crippen molar-refractivity contribution >= 4 is 5.91 Å². The van der Waals surface area contributed by atoms with E-state index in [-0.39, 0.29) is 12.1 Å². The molecule has 3 heterocycles. The number of nitrogens with zero attached hydrogens (tertiary/aromatic N) is 1. The number of amides is 1. The van der Waals surface area contributed by atoms with Crippen molar-refractivity contribution < 1.29 is 22.4 Å². The molecule has 2 N–H and O–H groups in total. The van der Waals surface area contributed by atoms with Gasteiger partial charge >= 0.3 is 6.18 Å². The van der Waals surface area contributed by atoms with Crippen molar-refractivity contribution in [1.29, 1.82) is 0 Å². The Morgan fingerprint density at radius 1 is 1.33 bits per heavy atom. The van der Waals surface area contributed by atoms with E-state index in [2.05, 4.69) is 15.6 Å². The fourth-order valence-electron chi connectivity index (χ4n) is 2.99. The van der Waals surface area contributed by atoms with E-state index in [1.54, 1.807) is 0 Å². The Labute approximate surface area is 117 Å². The average molecular weight is 303 g/mol. The highest BCUT2D eigenvalue weighted by atomic mass is 19.4. The van der Waals surface area contributed by atoms with E-state index in [1.165, 1.54) is 0 Å². The van der Waals surface area contributed by atoms with Crippen molar-refractivity contribution in [3.8, 4) is 0 Å². The van der Waals surface area contributed by atoms with Crippen molar-refractivity contribution in [1.82, 2.24) is 15.6 Å². The van der Waals surface area contributed by atoms with E-state index < -0.39 is 29.3 Å². The van der Waals surface area contributed by atoms with E-state index >= 15 is 0 Å². The number of aromatic nitrogens is 1. The van der Waals surface area contributed by atoms with Gasteiger partial charge in [-0.1, -0.05) is 0 Å². The van der Waals surface area contributed by atoms with Gasteiger partial charge in [-0.2, -0.15) is 13.2 Å². The highest BCUT2D eigenvalue weighted by Gasteiger charge is 2.40. The predicted molar refractivity (Wildman–Crippen MR) is 65.0 cm³/mol. The van der Waals surface area contributed by atoms with Crippen LogP contribution in [0.15, 0.2) is 12.1 Å². The van der Waals surface area contributed by atoms with Crippen molar-refractivity contribution in [2.45, 2.75) is 43.6 Å². The zero-order valence-corrected chi connectivity index (χ0v) is 10.9. The number of rotatable bonds is 2. The second-order valence-electron chi connectivity index (χ2n) is 5.39. The Kier molecular flexibility index (Phi) is 3.35. The molecule has 21 heavy (non-hydrogen) atoms. The summed E-state index contributed by atoms with van der Waals surface area (Å²) in [6.45, 7) is 0. The molecule has 2 bridgehead atoms. The lowest BCUT2D eigenvalue weighted by atomic mass is 9.95. The standard InChI is InChI=1S/C13H13F4N3O/c14-7-2-4-9(19-11(7)13(15,16)17)12(21)20-10-5-6-1-3-8(10)18-6/h2,4,6,8,10,18H,1,3,5H2,(H,20,21). The molecule has 3 rings (SSSR count). The first-order valence-electron chi connectivity index (χ1n) is 6.65. The van der Waals surface area contributed by atoms with Gasteiger partial charge in [0.15, 0.2) is 11.5 Å². The summed E-state index contributed by atoms with van der Waals surface area (Å²) in [5, 5.41) is 5.98. The van der Waals surface area contributed by atoms with E-state index in [0.717, 1.165) is 25.3 Å². The second kappa shape index (κ2) is 4.94. The molecule has 1 aromatic heterocycles. The van der Waals surface area contributed by atoms with Gasteiger partial charge in [-0.25, -0.2) is 9.37 Å². The molecule has 0 aromatic carbocycles. The molecule has 3 unspecified atom stereocenters. The average Bonchev–Trinajstić information content (AvgIpc) is 3.00. The zero-order valence-electron chi connectivity index (χ0n) is 10.9. The summed E-state index contributed by atoms with van der Waals surface area (Å²) >= 11 is 0. The Hall–Kier alpha value is -1.70. The monoisotopic (exact) mass is 303 g/mol. The molecule has 1 aromatic rings. The van der Waals surface area contributed by atoms with Gasteiger partial charge in [0.1, 0.15) is 5.69 Å². The maximum absolute atomic E-state index is 13.1. The first-order valence-corrected chi connectivity index (χ1v) is 6.65. The molecule has 0 saturated carbocycles. The molecule has 2 fully saturated rings. The summed E-state index contributed by atoms with van der Waals surface area (Å²) in [5.41, 5.74) is -2.09. The Bertz CT molecular complexity index is 575. The van der Waals surface area contributed by atoms with Crippen LogP contribution < -0.4 is 10.6 Å². The molecule has 8 heteroatoms. The number of carbonyl (C=O) groups is 1. The molecule has 2 aliphatic heterocycles. The lowest BCUT2D eigenvalue weighted by Crippen LogP contribution is -2.43. The van der Waals surface area contributed by atoms with Crippen LogP contribution in [0.4, 0.5) is 17.6 Å². The molecule has 1 amide bonds. The van der Waals surface area contributed by atoms with E-state index in [0.29, 0.717) is 12.1 Å². The van der Waals surface area contributed by atoms with Crippen LogP contribution in [0.5, 0.6) is 0 Å². The number of halogens is 4. The van der Waals surface area contributed by atoms with Crippen molar-refractivity contribution in [3.63, 3.8) is 0 Å². The van der Waals surface area contributed by atoms with Crippen LogP contribution in [0.3, 0.4) is 0 Å². The number of alkyl halides is 3. The van der Waals surface area contributed by atoms with E-state index in [1.807, 2.05) is 0 Å². The fraction of sp³-hybridized carbons (Fsp3) is 0.538. The largest absolute Gasteiger partial charge is 0.436 e. The molecule has 114 valence electrons. The molecule has 2 saturated heterocycles. The van der Waals surface area contributed by atoms with Gasteiger partial charge in [0.05, 0.1) is 0 Å². The molecular formula is C13H13F4N3O. The lowest BCUT2D eigenvalue weighted by molar-refractivity contribution is -0.143. The number of pyridine rings is 1. The third kappa shape index (κ3) is 2.72. The van der Waals surface area contributed by atoms with Gasteiger partial charge in [0, 0.05) is 18.1 Å². The first kappa shape index (κ1) is 14.2. The van der Waals surface area contributed by atoms with Crippen LogP contribution >= 0.6 is 0 Å². The van der Waals surface area contributed by atoms with Crippen LogP contribution in [0.25, 0.3) is 0 Å². The summed E-state index contributed by atoms with van der Waals surface area (Å²) in [7, 11) is 0. The number of hydrogen-bond donors (Lipinski definition) is 2. The van der Waals surface area contributed by atoms with Crippen LogP contribution in [-0.2, 0) is 6.18 Å². The third-order valence-electron chi connectivity index (χ3n) is 3.96. The Morgan fingerprint density at radius 2 is 2.10 bits per heavy atom. The fourth-order valence-corrected chi connectivity index (χ4v) is 2.99. The molecule has 0 aliphatic carbocycles. The first-order chi connectivity index (χ1) is 9.84. The molecule has 0 radical (unpaired) electrons. The SMILES string of the molecule is O=C(NC1CC2CCC1N2)c1ccc(F)c(C(F)(F)F)n1. The molecular weight excluding hydrogens is 290 g/mol. The Balaban J connectivity index is 1.76. The number of nitrogens with one attached hydrogen (secondary N) is 2. The third-order valence-corrected chi connectivity index (χ3v) is 3.96. The summed E-state index contributed by atoms with van der Waals surface area (Å²) in [6, 6.07) is 1.97.